The normalized spacial score (nSPS) is 11.1. The van der Waals surface area contributed by atoms with Crippen LogP contribution in [0.15, 0.2) is 72.8 Å². The van der Waals surface area contributed by atoms with Crippen LogP contribution in [0.1, 0.15) is 101 Å². The summed E-state index contributed by atoms with van der Waals surface area (Å²) >= 11 is 0. The minimum absolute atomic E-state index is 0.0445. The van der Waals surface area contributed by atoms with E-state index in [0.717, 1.165) is 0 Å². The second-order valence-corrected chi connectivity index (χ2v) is 21.6. The third kappa shape index (κ3) is 27.7. The highest BCUT2D eigenvalue weighted by molar-refractivity contribution is 5.84. The molecular formula is C66H77N3O27. The van der Waals surface area contributed by atoms with Gasteiger partial charge < -0.3 is 89.2 Å². The topological polar surface area (TPSA) is 445 Å². The zero-order chi connectivity index (χ0) is 71.2. The van der Waals surface area contributed by atoms with E-state index < -0.39 is 204 Å². The van der Waals surface area contributed by atoms with Gasteiger partial charge in [-0.15, -0.1) is 19.3 Å². The lowest BCUT2D eigenvalue weighted by Gasteiger charge is -2.32. The lowest BCUT2D eigenvalue weighted by molar-refractivity contribution is -0.152. The van der Waals surface area contributed by atoms with Crippen molar-refractivity contribution in [3.05, 3.63) is 89.5 Å². The lowest BCUT2D eigenvalue weighted by Crippen LogP contribution is -2.57. The summed E-state index contributed by atoms with van der Waals surface area (Å²) in [5, 5.41) is 67.0. The third-order valence-electron chi connectivity index (χ3n) is 14.1. The van der Waals surface area contributed by atoms with Gasteiger partial charge >= 0.3 is 53.7 Å². The van der Waals surface area contributed by atoms with Crippen molar-refractivity contribution in [2.75, 3.05) is 85.8 Å². The molecule has 0 atom stereocenters. The summed E-state index contributed by atoms with van der Waals surface area (Å²) in [5.41, 5.74) is -4.60. The number of carbonyl (C=O) groups excluding carboxylic acids is 12. The van der Waals surface area contributed by atoms with Crippen molar-refractivity contribution in [2.24, 2.45) is 5.41 Å². The first-order valence-electron chi connectivity index (χ1n) is 29.6. The molecule has 96 heavy (non-hydrogen) atoms. The van der Waals surface area contributed by atoms with E-state index in [4.69, 9.17) is 61.9 Å². The molecule has 0 unspecified atom stereocenters. The summed E-state index contributed by atoms with van der Waals surface area (Å²) in [5.74, 6) is -3.37. The summed E-state index contributed by atoms with van der Waals surface area (Å²) in [6.07, 6.45) is 10.0. The number of nitrogens with one attached hydrogen (secondary N) is 3. The van der Waals surface area contributed by atoms with Crippen LogP contribution in [0.5, 0.6) is 17.2 Å². The van der Waals surface area contributed by atoms with Gasteiger partial charge in [-0.3, -0.25) is 57.5 Å². The van der Waals surface area contributed by atoms with E-state index in [1.807, 2.05) is 6.92 Å². The fourth-order valence-electron chi connectivity index (χ4n) is 8.25. The van der Waals surface area contributed by atoms with Crippen molar-refractivity contribution >= 4 is 71.4 Å². The van der Waals surface area contributed by atoms with E-state index >= 15 is 0 Å². The molecule has 30 heteroatoms. The molecule has 0 aromatic heterocycles. The Labute approximate surface area is 551 Å². The van der Waals surface area contributed by atoms with Gasteiger partial charge in [-0.2, -0.15) is 0 Å². The number of carbonyl (C=O) groups is 12. The van der Waals surface area contributed by atoms with Crippen LogP contribution in [0, 0.1) is 42.4 Å². The molecule has 3 aromatic rings. The Balaban J connectivity index is 1.75. The Morgan fingerprint density at radius 1 is 0.354 bits per heavy atom. The van der Waals surface area contributed by atoms with Crippen LogP contribution >= 0.6 is 0 Å². The Morgan fingerprint density at radius 2 is 0.615 bits per heavy atom. The summed E-state index contributed by atoms with van der Waals surface area (Å²) in [6, 6.07) is 18.6. The van der Waals surface area contributed by atoms with E-state index in [1.54, 1.807) is 36.4 Å². The average molecular weight is 1340 g/mol. The quantitative estimate of drug-likeness (QED) is 0.0112. The average Bonchev–Trinajstić information content (AvgIpc) is 0.764. The van der Waals surface area contributed by atoms with Gasteiger partial charge in [-0.1, -0.05) is 54.2 Å². The molecule has 0 fully saturated rings. The SMILES string of the molecule is C#CCOC(=O)CCC(=O)NCC(CO)(CO)COC(=O)CCC(=O)Oc1ccc(C(C)(c2ccc(OC(=O)CCC(=O)OCC(CO)(CO)NC(=O)CCC(=O)OCC#C)cc2)c2ccc(OC(=O)CCC(=O)OCC(CO)(CO)NC(=O)CCC(=O)OCC#C)cc2)cc1. The second-order valence-electron chi connectivity index (χ2n) is 21.6. The summed E-state index contributed by atoms with van der Waals surface area (Å²) < 4.78 is 46.1. The number of hydrogen-bond donors (Lipinski definition) is 9. The zero-order valence-electron chi connectivity index (χ0n) is 52.6. The van der Waals surface area contributed by atoms with Crippen molar-refractivity contribution in [1.82, 2.24) is 16.0 Å². The molecule has 3 rings (SSSR count). The van der Waals surface area contributed by atoms with Crippen molar-refractivity contribution < 1.29 is 131 Å². The van der Waals surface area contributed by atoms with E-state index in [9.17, 15) is 88.2 Å². The van der Waals surface area contributed by atoms with Gasteiger partial charge in [0.2, 0.25) is 17.7 Å². The second kappa shape index (κ2) is 41.4. The Hall–Kier alpha value is -10.3. The Bertz CT molecular complexity index is 3120. The predicted octanol–water partition coefficient (Wildman–Crippen LogP) is -0.636. The molecule has 0 bridgehead atoms. The van der Waals surface area contributed by atoms with Gasteiger partial charge in [0.15, 0.2) is 19.8 Å². The summed E-state index contributed by atoms with van der Waals surface area (Å²) in [7, 11) is 0. The molecule has 3 aromatic carbocycles. The first-order valence-corrected chi connectivity index (χ1v) is 29.6. The molecule has 0 spiro atoms. The minimum Gasteiger partial charge on any atom is -0.465 e. The van der Waals surface area contributed by atoms with E-state index in [2.05, 4.69) is 33.7 Å². The van der Waals surface area contributed by atoms with Crippen LogP contribution in [-0.2, 0) is 91.4 Å². The highest BCUT2D eigenvalue weighted by Gasteiger charge is 2.36. The third-order valence-corrected chi connectivity index (χ3v) is 14.1. The minimum atomic E-state index is -1.84. The highest BCUT2D eigenvalue weighted by Crippen LogP contribution is 2.41. The number of rotatable bonds is 43. The number of aliphatic hydroxyl groups is 6. The largest absolute Gasteiger partial charge is 0.465 e. The van der Waals surface area contributed by atoms with Crippen molar-refractivity contribution in [3.63, 3.8) is 0 Å². The van der Waals surface area contributed by atoms with Gasteiger partial charge in [0.25, 0.3) is 0 Å². The number of aliphatic hydroxyl groups excluding tert-OH is 6. The Morgan fingerprint density at radius 3 is 0.896 bits per heavy atom. The maximum Gasteiger partial charge on any atom is 0.311 e. The van der Waals surface area contributed by atoms with Crippen LogP contribution in [0.3, 0.4) is 0 Å². The van der Waals surface area contributed by atoms with Crippen LogP contribution in [0.4, 0.5) is 0 Å². The molecule has 0 saturated carbocycles. The first-order chi connectivity index (χ1) is 45.8. The number of hydrogen-bond acceptors (Lipinski definition) is 27. The van der Waals surface area contributed by atoms with Crippen molar-refractivity contribution in [1.29, 1.82) is 0 Å². The zero-order valence-corrected chi connectivity index (χ0v) is 52.6. The van der Waals surface area contributed by atoms with E-state index in [0.29, 0.717) is 16.7 Å². The van der Waals surface area contributed by atoms with Gasteiger partial charge in [-0.05, 0) is 60.0 Å². The number of amides is 3. The smallest absolute Gasteiger partial charge is 0.311 e. The summed E-state index contributed by atoms with van der Waals surface area (Å²) in [4.78, 5) is 150. The molecular weight excluding hydrogens is 1270 g/mol. The molecule has 3 amide bonds. The maximum absolute atomic E-state index is 13.0. The van der Waals surface area contributed by atoms with Gasteiger partial charge in [0, 0.05) is 31.2 Å². The fraction of sp³-hybridized carbons (Fsp3) is 0.455. The monoisotopic (exact) mass is 1340 g/mol. The van der Waals surface area contributed by atoms with Gasteiger partial charge in [0.1, 0.15) is 48.1 Å². The van der Waals surface area contributed by atoms with Crippen LogP contribution < -0.4 is 30.2 Å². The molecule has 9 N–H and O–H groups in total. The van der Waals surface area contributed by atoms with Crippen molar-refractivity contribution in [2.45, 2.75) is 100 Å². The van der Waals surface area contributed by atoms with Gasteiger partial charge in [0.05, 0.1) is 103 Å². The standard InChI is InChI=1S/C66H77N3O27/c1-5-32-88-54(79)23-20-51(76)67-35-64(36-70,37-71)42-91-57(82)26-29-60(85)94-48-14-8-45(9-15-48)63(4,46-10-16-49(17-11-46)95-61(86)30-27-58(83)92-43-65(38-72,39-73)68-52(77)21-24-55(80)89-33-6-2)47-12-18-50(19-13-47)96-62(87)31-28-59(84)93-44-66(40-74,41-75)69-53(78)22-25-56(81)90-34-7-3/h1-3,8-19,70-75H,20-44H2,4H3,(H,67,76)(H,68,77)(H,69,78). The van der Waals surface area contributed by atoms with Crippen molar-refractivity contribution in [3.8, 4) is 54.3 Å². The molecule has 0 aliphatic heterocycles. The predicted molar refractivity (Wildman–Crippen MR) is 329 cm³/mol. The fourth-order valence-corrected chi connectivity index (χ4v) is 8.25. The summed E-state index contributed by atoms with van der Waals surface area (Å²) in [6.45, 7) is -6.33. The molecule has 0 radical (unpaired) electrons. The molecule has 30 nitrogen and oxygen atoms in total. The number of benzene rings is 3. The first kappa shape index (κ1) is 80.0. The lowest BCUT2D eigenvalue weighted by atomic mass is 9.71. The van der Waals surface area contributed by atoms with Gasteiger partial charge in [-0.25, -0.2) is 0 Å². The highest BCUT2D eigenvalue weighted by atomic mass is 16.6. The van der Waals surface area contributed by atoms with Crippen LogP contribution in [0.25, 0.3) is 0 Å². The Kier molecular flexibility index (Phi) is 34.5. The molecule has 0 heterocycles. The molecule has 518 valence electrons. The van der Waals surface area contributed by atoms with E-state index in [-0.39, 0.29) is 69.3 Å². The number of esters is 9. The molecule has 0 saturated heterocycles. The molecule has 0 aliphatic carbocycles. The number of terminal acetylenes is 3. The van der Waals surface area contributed by atoms with Crippen LogP contribution in [-0.4, -0.2) is 199 Å². The molecule has 0 aliphatic rings. The maximum atomic E-state index is 13.0. The van der Waals surface area contributed by atoms with Crippen LogP contribution in [0.2, 0.25) is 0 Å². The number of ether oxygens (including phenoxy) is 9. The van der Waals surface area contributed by atoms with E-state index in [1.165, 1.54) is 36.4 Å².